The molecule has 2 rings (SSSR count). The summed E-state index contributed by atoms with van der Waals surface area (Å²) in [4.78, 5) is 16.6. The van der Waals surface area contributed by atoms with Crippen LogP contribution < -0.4 is 5.73 Å². The number of hydrogen-bond acceptors (Lipinski definition) is 6. The highest BCUT2D eigenvalue weighted by Crippen LogP contribution is 2.15. The van der Waals surface area contributed by atoms with Crippen LogP contribution in [0.25, 0.3) is 11.5 Å². The summed E-state index contributed by atoms with van der Waals surface area (Å²) >= 11 is 1.51. The maximum Gasteiger partial charge on any atom is 0.223 e. The van der Waals surface area contributed by atoms with Crippen LogP contribution in [0.5, 0.6) is 0 Å². The van der Waals surface area contributed by atoms with Crippen LogP contribution in [0.4, 0.5) is 5.95 Å². The molecule has 2 N–H and O–H groups in total. The minimum atomic E-state index is 0.261. The first-order valence-electron chi connectivity index (χ1n) is 4.68. The summed E-state index contributed by atoms with van der Waals surface area (Å²) < 4.78 is 0. The molecule has 0 amide bonds. The SMILES string of the molecule is CCCc1nc(N)nc(-c2cscn2)n1. The Hall–Kier alpha value is -1.56. The van der Waals surface area contributed by atoms with Gasteiger partial charge < -0.3 is 5.73 Å². The Bertz CT molecular complexity index is 440. The molecule has 2 aromatic heterocycles. The predicted octanol–water partition coefficient (Wildman–Crippen LogP) is 1.53. The van der Waals surface area contributed by atoms with Crippen LogP contribution in [0.15, 0.2) is 10.9 Å². The first-order chi connectivity index (χ1) is 7.29. The van der Waals surface area contributed by atoms with Crippen LogP contribution in [0, 0.1) is 0 Å². The Balaban J connectivity index is 2.40. The van der Waals surface area contributed by atoms with E-state index in [-0.39, 0.29) is 5.95 Å². The van der Waals surface area contributed by atoms with E-state index in [1.807, 2.05) is 5.38 Å². The van der Waals surface area contributed by atoms with E-state index in [1.54, 1.807) is 5.51 Å². The number of thiazole rings is 1. The molecule has 0 aliphatic carbocycles. The van der Waals surface area contributed by atoms with Crippen molar-refractivity contribution in [3.8, 4) is 11.5 Å². The molecule has 0 saturated carbocycles. The lowest BCUT2D eigenvalue weighted by Gasteiger charge is -2.01. The van der Waals surface area contributed by atoms with E-state index in [0.29, 0.717) is 5.82 Å². The summed E-state index contributed by atoms with van der Waals surface area (Å²) in [6.07, 6.45) is 1.80. The second-order valence-corrected chi connectivity index (χ2v) is 3.78. The summed E-state index contributed by atoms with van der Waals surface area (Å²) in [5.41, 5.74) is 8.11. The third kappa shape index (κ3) is 2.27. The first-order valence-corrected chi connectivity index (χ1v) is 5.63. The molecule has 0 aliphatic rings. The van der Waals surface area contributed by atoms with E-state index in [1.165, 1.54) is 11.3 Å². The van der Waals surface area contributed by atoms with Crippen molar-refractivity contribution >= 4 is 17.3 Å². The molecule has 0 radical (unpaired) electrons. The van der Waals surface area contributed by atoms with Gasteiger partial charge in [-0.15, -0.1) is 11.3 Å². The van der Waals surface area contributed by atoms with E-state index in [2.05, 4.69) is 26.9 Å². The minimum absolute atomic E-state index is 0.261. The first kappa shape index (κ1) is 9.97. The lowest BCUT2D eigenvalue weighted by Crippen LogP contribution is -2.04. The number of nitrogen functional groups attached to an aromatic ring is 1. The van der Waals surface area contributed by atoms with Crippen LogP contribution in [-0.4, -0.2) is 19.9 Å². The third-order valence-corrected chi connectivity index (χ3v) is 2.42. The molecule has 0 saturated heterocycles. The van der Waals surface area contributed by atoms with Gasteiger partial charge in [0.25, 0.3) is 0 Å². The second-order valence-electron chi connectivity index (χ2n) is 3.06. The molecular formula is C9H11N5S. The molecule has 2 heterocycles. The lowest BCUT2D eigenvalue weighted by atomic mass is 10.3. The van der Waals surface area contributed by atoms with Crippen molar-refractivity contribution in [3.63, 3.8) is 0 Å². The van der Waals surface area contributed by atoms with Gasteiger partial charge in [0.05, 0.1) is 5.51 Å². The zero-order valence-corrected chi connectivity index (χ0v) is 9.16. The molecule has 6 heteroatoms. The topological polar surface area (TPSA) is 77.6 Å². The quantitative estimate of drug-likeness (QED) is 0.850. The maximum atomic E-state index is 5.61. The van der Waals surface area contributed by atoms with Gasteiger partial charge in [0.1, 0.15) is 11.5 Å². The Morgan fingerprint density at radius 2 is 2.20 bits per heavy atom. The predicted molar refractivity (Wildman–Crippen MR) is 59.3 cm³/mol. The summed E-state index contributed by atoms with van der Waals surface area (Å²) in [6.45, 7) is 2.07. The average Bonchev–Trinajstić information content (AvgIpc) is 2.70. The second kappa shape index (κ2) is 4.31. The fraction of sp³-hybridized carbons (Fsp3) is 0.333. The molecule has 0 fully saturated rings. The van der Waals surface area contributed by atoms with Crippen LogP contribution in [0.2, 0.25) is 0 Å². The van der Waals surface area contributed by atoms with E-state index >= 15 is 0 Å². The Labute approximate surface area is 91.4 Å². The van der Waals surface area contributed by atoms with Crippen molar-refractivity contribution < 1.29 is 0 Å². The fourth-order valence-electron chi connectivity index (χ4n) is 1.21. The van der Waals surface area contributed by atoms with Crippen LogP contribution in [0.3, 0.4) is 0 Å². The molecule has 0 atom stereocenters. The van der Waals surface area contributed by atoms with Gasteiger partial charge in [-0.25, -0.2) is 9.97 Å². The summed E-state index contributed by atoms with van der Waals surface area (Å²) in [7, 11) is 0. The molecule has 0 bridgehead atoms. The molecule has 2 aromatic rings. The Morgan fingerprint density at radius 1 is 1.33 bits per heavy atom. The smallest absolute Gasteiger partial charge is 0.223 e. The van der Waals surface area contributed by atoms with Crippen molar-refractivity contribution in [3.05, 3.63) is 16.7 Å². The zero-order chi connectivity index (χ0) is 10.7. The normalized spacial score (nSPS) is 10.5. The molecule has 0 aliphatic heterocycles. The largest absolute Gasteiger partial charge is 0.368 e. The lowest BCUT2D eigenvalue weighted by molar-refractivity contribution is 0.824. The van der Waals surface area contributed by atoms with Gasteiger partial charge in [-0.05, 0) is 6.42 Å². The van der Waals surface area contributed by atoms with Crippen molar-refractivity contribution in [2.75, 3.05) is 5.73 Å². The summed E-state index contributed by atoms with van der Waals surface area (Å²) in [6, 6.07) is 0. The summed E-state index contributed by atoms with van der Waals surface area (Å²) in [5, 5.41) is 1.89. The molecule has 0 spiro atoms. The minimum Gasteiger partial charge on any atom is -0.368 e. The van der Waals surface area contributed by atoms with Gasteiger partial charge in [-0.1, -0.05) is 6.92 Å². The standard InChI is InChI=1S/C9H11N5S/c1-2-3-7-12-8(14-9(10)13-7)6-4-15-5-11-6/h4-5H,2-3H2,1H3,(H2,10,12,13,14). The fourth-order valence-corrected chi connectivity index (χ4v) is 1.74. The van der Waals surface area contributed by atoms with Gasteiger partial charge in [0, 0.05) is 11.8 Å². The monoisotopic (exact) mass is 221 g/mol. The number of aryl methyl sites for hydroxylation is 1. The van der Waals surface area contributed by atoms with E-state index in [9.17, 15) is 0 Å². The molecule has 0 unspecified atom stereocenters. The molecule has 78 valence electrons. The van der Waals surface area contributed by atoms with Gasteiger partial charge in [0.2, 0.25) is 5.95 Å². The highest BCUT2D eigenvalue weighted by Gasteiger charge is 2.07. The number of anilines is 1. The number of rotatable bonds is 3. The maximum absolute atomic E-state index is 5.61. The number of nitrogens with zero attached hydrogens (tertiary/aromatic N) is 4. The Morgan fingerprint density at radius 3 is 2.87 bits per heavy atom. The third-order valence-electron chi connectivity index (χ3n) is 1.83. The zero-order valence-electron chi connectivity index (χ0n) is 8.34. The van der Waals surface area contributed by atoms with Crippen molar-refractivity contribution in [1.29, 1.82) is 0 Å². The van der Waals surface area contributed by atoms with E-state index < -0.39 is 0 Å². The number of hydrogen-bond donors (Lipinski definition) is 1. The van der Waals surface area contributed by atoms with Crippen LogP contribution in [-0.2, 0) is 6.42 Å². The van der Waals surface area contributed by atoms with Crippen LogP contribution in [0.1, 0.15) is 19.2 Å². The van der Waals surface area contributed by atoms with Gasteiger partial charge >= 0.3 is 0 Å². The number of aromatic nitrogens is 4. The summed E-state index contributed by atoms with van der Waals surface area (Å²) in [5.74, 6) is 1.55. The molecule has 5 nitrogen and oxygen atoms in total. The number of nitrogens with two attached hydrogens (primary N) is 1. The van der Waals surface area contributed by atoms with Gasteiger partial charge in [-0.2, -0.15) is 9.97 Å². The highest BCUT2D eigenvalue weighted by molar-refractivity contribution is 7.07. The van der Waals surface area contributed by atoms with Crippen LogP contribution >= 0.6 is 11.3 Å². The molecular weight excluding hydrogens is 210 g/mol. The van der Waals surface area contributed by atoms with Gasteiger partial charge in [0.15, 0.2) is 5.82 Å². The average molecular weight is 221 g/mol. The highest BCUT2D eigenvalue weighted by atomic mass is 32.1. The van der Waals surface area contributed by atoms with Crippen molar-refractivity contribution in [1.82, 2.24) is 19.9 Å². The Kier molecular flexibility index (Phi) is 2.86. The van der Waals surface area contributed by atoms with Crippen molar-refractivity contribution in [2.45, 2.75) is 19.8 Å². The van der Waals surface area contributed by atoms with E-state index in [4.69, 9.17) is 5.73 Å². The molecule has 0 aromatic carbocycles. The van der Waals surface area contributed by atoms with E-state index in [0.717, 1.165) is 24.4 Å². The van der Waals surface area contributed by atoms with Crippen molar-refractivity contribution in [2.24, 2.45) is 0 Å². The molecule has 15 heavy (non-hydrogen) atoms. The van der Waals surface area contributed by atoms with Gasteiger partial charge in [-0.3, -0.25) is 0 Å².